The smallest absolute Gasteiger partial charge is 0.410 e. The Labute approximate surface area is 134 Å². The van der Waals surface area contributed by atoms with Crippen molar-refractivity contribution in [2.75, 3.05) is 6.61 Å². The summed E-state index contributed by atoms with van der Waals surface area (Å²) in [6, 6.07) is 9.03. The first kappa shape index (κ1) is 18.5. The SMILES string of the molecule is CCCCOC(=O)C(NC(=O)OCc1ccccc1)OC(C)=O. The van der Waals surface area contributed by atoms with Crippen LogP contribution in [0.3, 0.4) is 0 Å². The van der Waals surface area contributed by atoms with Gasteiger partial charge in [0.15, 0.2) is 0 Å². The highest BCUT2D eigenvalue weighted by molar-refractivity contribution is 5.82. The standard InChI is InChI=1S/C16H21NO6/c1-3-4-10-21-15(19)14(23-12(2)18)17-16(20)22-11-13-8-6-5-7-9-13/h5-9,14H,3-4,10-11H2,1-2H3,(H,17,20). The van der Waals surface area contributed by atoms with E-state index in [0.29, 0.717) is 6.42 Å². The maximum Gasteiger partial charge on any atom is 0.410 e. The number of nitrogens with one attached hydrogen (secondary N) is 1. The normalized spacial score (nSPS) is 11.2. The molecule has 23 heavy (non-hydrogen) atoms. The highest BCUT2D eigenvalue weighted by Crippen LogP contribution is 2.02. The van der Waals surface area contributed by atoms with Gasteiger partial charge in [0.2, 0.25) is 0 Å². The zero-order valence-corrected chi connectivity index (χ0v) is 13.2. The van der Waals surface area contributed by atoms with Crippen molar-refractivity contribution in [3.8, 4) is 0 Å². The largest absolute Gasteiger partial charge is 0.462 e. The van der Waals surface area contributed by atoms with Crippen molar-refractivity contribution in [3.05, 3.63) is 35.9 Å². The molecule has 1 unspecified atom stereocenters. The average Bonchev–Trinajstić information content (AvgIpc) is 2.53. The van der Waals surface area contributed by atoms with Crippen LogP contribution in [0.4, 0.5) is 4.79 Å². The van der Waals surface area contributed by atoms with Gasteiger partial charge in [0.1, 0.15) is 6.61 Å². The Morgan fingerprint density at radius 1 is 1.13 bits per heavy atom. The summed E-state index contributed by atoms with van der Waals surface area (Å²) in [7, 11) is 0. The molecule has 0 saturated carbocycles. The molecule has 0 radical (unpaired) electrons. The molecule has 0 saturated heterocycles. The van der Waals surface area contributed by atoms with Crippen molar-refractivity contribution in [1.29, 1.82) is 0 Å². The molecule has 0 aliphatic heterocycles. The van der Waals surface area contributed by atoms with E-state index in [1.54, 1.807) is 12.1 Å². The summed E-state index contributed by atoms with van der Waals surface area (Å²) < 4.78 is 14.6. The molecule has 1 atom stereocenters. The quantitative estimate of drug-likeness (QED) is 0.341. The summed E-state index contributed by atoms with van der Waals surface area (Å²) >= 11 is 0. The fourth-order valence-electron chi connectivity index (χ4n) is 1.57. The maximum absolute atomic E-state index is 11.8. The third kappa shape index (κ3) is 7.85. The van der Waals surface area contributed by atoms with Gasteiger partial charge in [0.25, 0.3) is 6.23 Å². The van der Waals surface area contributed by atoms with E-state index in [9.17, 15) is 14.4 Å². The second-order valence-corrected chi connectivity index (χ2v) is 4.72. The Morgan fingerprint density at radius 2 is 1.83 bits per heavy atom. The number of unbranched alkanes of at least 4 members (excludes halogenated alkanes) is 1. The summed E-state index contributed by atoms with van der Waals surface area (Å²) in [6.07, 6.45) is -0.880. The molecular formula is C16H21NO6. The van der Waals surface area contributed by atoms with Crippen molar-refractivity contribution in [2.45, 2.75) is 39.5 Å². The van der Waals surface area contributed by atoms with Crippen molar-refractivity contribution in [3.63, 3.8) is 0 Å². The lowest BCUT2D eigenvalue weighted by Crippen LogP contribution is -2.45. The van der Waals surface area contributed by atoms with Crippen molar-refractivity contribution >= 4 is 18.0 Å². The zero-order chi connectivity index (χ0) is 17.1. The summed E-state index contributed by atoms with van der Waals surface area (Å²) in [6.45, 7) is 3.29. The maximum atomic E-state index is 11.8. The molecular weight excluding hydrogens is 302 g/mol. The number of carbonyl (C=O) groups excluding carboxylic acids is 3. The van der Waals surface area contributed by atoms with Gasteiger partial charge in [-0.2, -0.15) is 0 Å². The highest BCUT2D eigenvalue weighted by Gasteiger charge is 2.26. The van der Waals surface area contributed by atoms with E-state index in [0.717, 1.165) is 18.9 Å². The van der Waals surface area contributed by atoms with E-state index in [4.69, 9.17) is 14.2 Å². The van der Waals surface area contributed by atoms with Crippen LogP contribution in [0.15, 0.2) is 30.3 Å². The van der Waals surface area contributed by atoms with E-state index in [1.165, 1.54) is 0 Å². The molecule has 0 fully saturated rings. The van der Waals surface area contributed by atoms with Gasteiger partial charge in [-0.3, -0.25) is 10.1 Å². The summed E-state index contributed by atoms with van der Waals surface area (Å²) in [5.41, 5.74) is 0.789. The lowest BCUT2D eigenvalue weighted by molar-refractivity contribution is -0.168. The minimum atomic E-state index is -1.52. The lowest BCUT2D eigenvalue weighted by atomic mass is 10.2. The van der Waals surface area contributed by atoms with Gasteiger partial charge >= 0.3 is 18.0 Å². The van der Waals surface area contributed by atoms with Gasteiger partial charge in [-0.25, -0.2) is 9.59 Å². The zero-order valence-electron chi connectivity index (χ0n) is 13.2. The fraction of sp³-hybridized carbons (Fsp3) is 0.438. The number of ether oxygens (including phenoxy) is 3. The van der Waals surface area contributed by atoms with Crippen LogP contribution in [0.1, 0.15) is 32.3 Å². The molecule has 0 aliphatic carbocycles. The predicted molar refractivity (Wildman–Crippen MR) is 81.2 cm³/mol. The van der Waals surface area contributed by atoms with E-state index >= 15 is 0 Å². The van der Waals surface area contributed by atoms with E-state index in [2.05, 4.69) is 5.32 Å². The molecule has 7 nitrogen and oxygen atoms in total. The second kappa shape index (κ2) is 10.2. The number of alkyl carbamates (subject to hydrolysis) is 1. The Balaban J connectivity index is 2.49. The summed E-state index contributed by atoms with van der Waals surface area (Å²) in [5, 5.41) is 2.17. The van der Waals surface area contributed by atoms with Crippen LogP contribution < -0.4 is 5.32 Å². The molecule has 1 aromatic rings. The van der Waals surface area contributed by atoms with Crippen LogP contribution in [-0.2, 0) is 30.4 Å². The Hall–Kier alpha value is -2.57. The molecule has 126 valence electrons. The first-order valence-electron chi connectivity index (χ1n) is 7.34. The first-order valence-corrected chi connectivity index (χ1v) is 7.34. The second-order valence-electron chi connectivity index (χ2n) is 4.72. The number of carbonyl (C=O) groups is 3. The highest BCUT2D eigenvalue weighted by atomic mass is 16.6. The van der Waals surface area contributed by atoms with Gasteiger partial charge in [-0.1, -0.05) is 43.7 Å². The van der Waals surface area contributed by atoms with E-state index in [-0.39, 0.29) is 13.2 Å². The van der Waals surface area contributed by atoms with Crippen molar-refractivity contribution in [1.82, 2.24) is 5.32 Å². The first-order chi connectivity index (χ1) is 11.0. The lowest BCUT2D eigenvalue weighted by Gasteiger charge is -2.17. The monoisotopic (exact) mass is 323 g/mol. The van der Waals surface area contributed by atoms with Gasteiger partial charge in [0.05, 0.1) is 6.61 Å². The van der Waals surface area contributed by atoms with Gasteiger partial charge in [0, 0.05) is 6.92 Å². The molecule has 1 aromatic carbocycles. The summed E-state index contributed by atoms with van der Waals surface area (Å²) in [5.74, 6) is -1.56. The molecule has 0 bridgehead atoms. The van der Waals surface area contributed by atoms with Crippen molar-refractivity contribution < 1.29 is 28.6 Å². The minimum absolute atomic E-state index is 0.0321. The van der Waals surface area contributed by atoms with Gasteiger partial charge in [-0.05, 0) is 12.0 Å². The van der Waals surface area contributed by atoms with E-state index < -0.39 is 24.3 Å². The topological polar surface area (TPSA) is 90.9 Å². The predicted octanol–water partition coefficient (Wildman–Crippen LogP) is 2.15. The van der Waals surface area contributed by atoms with Crippen LogP contribution >= 0.6 is 0 Å². The van der Waals surface area contributed by atoms with Crippen LogP contribution in [0.25, 0.3) is 0 Å². The van der Waals surface area contributed by atoms with Crippen LogP contribution in [0.5, 0.6) is 0 Å². The van der Waals surface area contributed by atoms with Crippen molar-refractivity contribution in [2.24, 2.45) is 0 Å². The molecule has 1 N–H and O–H groups in total. The number of amides is 1. The number of benzene rings is 1. The molecule has 7 heteroatoms. The Bertz CT molecular complexity index is 517. The van der Waals surface area contributed by atoms with Crippen LogP contribution in [0.2, 0.25) is 0 Å². The fourth-order valence-corrected chi connectivity index (χ4v) is 1.57. The molecule has 1 amide bonds. The third-order valence-corrected chi connectivity index (χ3v) is 2.70. The van der Waals surface area contributed by atoms with Crippen LogP contribution in [-0.4, -0.2) is 30.9 Å². The van der Waals surface area contributed by atoms with Gasteiger partial charge < -0.3 is 14.2 Å². The number of rotatable bonds is 8. The van der Waals surface area contributed by atoms with E-state index in [1.807, 2.05) is 25.1 Å². The third-order valence-electron chi connectivity index (χ3n) is 2.70. The minimum Gasteiger partial charge on any atom is -0.462 e. The number of hydrogen-bond donors (Lipinski definition) is 1. The summed E-state index contributed by atoms with van der Waals surface area (Å²) in [4.78, 5) is 34.5. The Kier molecular flexibility index (Phi) is 8.20. The average molecular weight is 323 g/mol. The molecule has 0 spiro atoms. The Morgan fingerprint density at radius 3 is 2.43 bits per heavy atom. The van der Waals surface area contributed by atoms with Gasteiger partial charge in [-0.15, -0.1) is 0 Å². The van der Waals surface area contributed by atoms with Crippen LogP contribution in [0, 0.1) is 0 Å². The molecule has 0 aromatic heterocycles. The number of esters is 2. The molecule has 1 rings (SSSR count). The molecule has 0 heterocycles. The number of hydrogen-bond acceptors (Lipinski definition) is 6. The molecule has 0 aliphatic rings.